The zero-order valence-corrected chi connectivity index (χ0v) is 32.2. The summed E-state index contributed by atoms with van der Waals surface area (Å²) in [6.45, 7) is 7.47. The lowest BCUT2D eigenvalue weighted by atomic mass is 9.99. The summed E-state index contributed by atoms with van der Waals surface area (Å²) in [4.78, 5) is 93.6. The highest BCUT2D eigenvalue weighted by Gasteiger charge is 2.40. The number of aliphatic carboxylic acids is 1. The van der Waals surface area contributed by atoms with Crippen LogP contribution in [-0.2, 0) is 46.4 Å². The average molecular weight is 782 g/mol. The summed E-state index contributed by atoms with van der Waals surface area (Å²) in [5.41, 5.74) is 12.5. The van der Waals surface area contributed by atoms with Crippen molar-refractivity contribution in [3.05, 3.63) is 59.7 Å². The van der Waals surface area contributed by atoms with Crippen molar-refractivity contribution in [1.29, 1.82) is 0 Å². The van der Waals surface area contributed by atoms with Gasteiger partial charge in [-0.1, -0.05) is 52.0 Å². The number of nitrogens with two attached hydrogens (primary N) is 2. The van der Waals surface area contributed by atoms with E-state index in [9.17, 15) is 48.9 Å². The number of carboxylic acid groups (broad SMARTS) is 1. The predicted octanol–water partition coefficient (Wildman–Crippen LogP) is 0.193. The molecule has 2 aromatic carbocycles. The molecule has 306 valence electrons. The third-order valence-electron chi connectivity index (χ3n) is 9.26. The van der Waals surface area contributed by atoms with Gasteiger partial charge >= 0.3 is 5.97 Å². The van der Waals surface area contributed by atoms with Crippen LogP contribution >= 0.6 is 0 Å². The van der Waals surface area contributed by atoms with Gasteiger partial charge in [0.1, 0.15) is 41.7 Å². The summed E-state index contributed by atoms with van der Waals surface area (Å²) in [7, 11) is 0. The molecular weight excluding hydrogens is 726 g/mol. The van der Waals surface area contributed by atoms with Crippen molar-refractivity contribution >= 4 is 41.4 Å². The number of aromatic hydroxyl groups is 2. The summed E-state index contributed by atoms with van der Waals surface area (Å²) < 4.78 is 0. The Hall–Kier alpha value is -5.71. The van der Waals surface area contributed by atoms with Gasteiger partial charge < -0.3 is 53.0 Å². The van der Waals surface area contributed by atoms with Gasteiger partial charge in [0.25, 0.3) is 0 Å². The first-order chi connectivity index (χ1) is 26.3. The van der Waals surface area contributed by atoms with Gasteiger partial charge in [-0.2, -0.15) is 0 Å². The SMILES string of the molecule is CC(C)C[C@H](NC(=O)[C@H](CC(N)=O)NC(=O)[C@@H](N)CC(C)C)C(=O)N[C@@H](Cc1ccc(O)cc1)C(=O)N1CCC[C@H]1C(=O)N[C@@H](Cc1ccc(O)cc1)C(=O)O. The maximum Gasteiger partial charge on any atom is 0.326 e. The van der Waals surface area contributed by atoms with E-state index in [-0.39, 0.29) is 55.6 Å². The number of phenolic OH excluding ortho intramolecular Hbond substituents is 2. The first-order valence-electron chi connectivity index (χ1n) is 18.7. The molecule has 0 aliphatic carbocycles. The van der Waals surface area contributed by atoms with E-state index >= 15 is 0 Å². The van der Waals surface area contributed by atoms with E-state index in [0.29, 0.717) is 24.0 Å². The van der Waals surface area contributed by atoms with Crippen LogP contribution in [0.5, 0.6) is 11.5 Å². The normalized spacial score (nSPS) is 16.6. The molecule has 0 aromatic heterocycles. The van der Waals surface area contributed by atoms with Gasteiger partial charge in [-0.25, -0.2) is 4.79 Å². The third kappa shape index (κ3) is 13.9. The summed E-state index contributed by atoms with van der Waals surface area (Å²) in [5.74, 6) is -5.94. The van der Waals surface area contributed by atoms with E-state index in [1.807, 2.05) is 13.8 Å². The Balaban J connectivity index is 1.86. The van der Waals surface area contributed by atoms with Gasteiger partial charge in [-0.15, -0.1) is 0 Å². The zero-order chi connectivity index (χ0) is 41.7. The number of hydrogen-bond donors (Lipinski definition) is 9. The fraction of sp³-hybridized carbons (Fsp3) is 0.513. The first-order valence-corrected chi connectivity index (χ1v) is 18.7. The number of amides is 6. The van der Waals surface area contributed by atoms with Gasteiger partial charge in [-0.3, -0.25) is 28.8 Å². The highest BCUT2D eigenvalue weighted by molar-refractivity contribution is 5.97. The lowest BCUT2D eigenvalue weighted by Crippen LogP contribution is -2.60. The fourth-order valence-electron chi connectivity index (χ4n) is 6.46. The van der Waals surface area contributed by atoms with Crippen LogP contribution in [0.1, 0.15) is 70.9 Å². The van der Waals surface area contributed by atoms with Gasteiger partial charge in [0.15, 0.2) is 0 Å². The quantitative estimate of drug-likeness (QED) is 0.0875. The fourth-order valence-corrected chi connectivity index (χ4v) is 6.46. The minimum atomic E-state index is -1.44. The maximum absolute atomic E-state index is 14.3. The van der Waals surface area contributed by atoms with Crippen LogP contribution in [0.4, 0.5) is 0 Å². The lowest BCUT2D eigenvalue weighted by Gasteiger charge is -2.31. The molecule has 0 unspecified atom stereocenters. The highest BCUT2D eigenvalue weighted by Crippen LogP contribution is 2.22. The van der Waals surface area contributed by atoms with Crippen molar-refractivity contribution in [3.8, 4) is 11.5 Å². The third-order valence-corrected chi connectivity index (χ3v) is 9.26. The molecule has 6 atom stereocenters. The number of carboxylic acids is 1. The molecule has 17 nitrogen and oxygen atoms in total. The van der Waals surface area contributed by atoms with Crippen LogP contribution in [0.2, 0.25) is 0 Å². The van der Waals surface area contributed by atoms with E-state index in [1.165, 1.54) is 41.3 Å². The van der Waals surface area contributed by atoms with Gasteiger partial charge in [0.2, 0.25) is 35.4 Å². The van der Waals surface area contributed by atoms with Crippen molar-refractivity contribution in [1.82, 2.24) is 26.2 Å². The number of rotatable bonds is 20. The molecule has 1 aliphatic rings. The Morgan fingerprint density at radius 1 is 0.696 bits per heavy atom. The number of benzene rings is 2. The number of carbonyl (C=O) groups is 7. The van der Waals surface area contributed by atoms with Crippen molar-refractivity contribution in [2.24, 2.45) is 23.3 Å². The highest BCUT2D eigenvalue weighted by atomic mass is 16.4. The Morgan fingerprint density at radius 2 is 1.18 bits per heavy atom. The van der Waals surface area contributed by atoms with Crippen LogP contribution in [0, 0.1) is 11.8 Å². The number of primary amides is 1. The molecule has 1 saturated heterocycles. The lowest BCUT2D eigenvalue weighted by molar-refractivity contribution is -0.145. The van der Waals surface area contributed by atoms with E-state index in [1.54, 1.807) is 26.0 Å². The predicted molar refractivity (Wildman–Crippen MR) is 204 cm³/mol. The molecule has 1 aliphatic heterocycles. The Bertz CT molecular complexity index is 1700. The van der Waals surface area contributed by atoms with Crippen LogP contribution in [-0.4, -0.2) is 104 Å². The number of nitrogens with zero attached hydrogens (tertiary/aromatic N) is 1. The minimum absolute atomic E-state index is 0.00451. The second kappa shape index (κ2) is 20.8. The molecule has 0 spiro atoms. The van der Waals surface area contributed by atoms with E-state index < -0.39 is 84.1 Å². The monoisotopic (exact) mass is 781 g/mol. The summed E-state index contributed by atoms with van der Waals surface area (Å²) >= 11 is 0. The maximum atomic E-state index is 14.3. The van der Waals surface area contributed by atoms with Crippen LogP contribution in [0.3, 0.4) is 0 Å². The molecule has 3 rings (SSSR count). The number of phenols is 2. The number of hydrogen-bond acceptors (Lipinski definition) is 10. The van der Waals surface area contributed by atoms with Crippen molar-refractivity contribution in [2.45, 2.75) is 109 Å². The van der Waals surface area contributed by atoms with Crippen LogP contribution in [0.25, 0.3) is 0 Å². The molecule has 17 heteroatoms. The minimum Gasteiger partial charge on any atom is -0.508 e. The van der Waals surface area contributed by atoms with Crippen molar-refractivity contribution in [2.75, 3.05) is 6.54 Å². The van der Waals surface area contributed by atoms with Crippen molar-refractivity contribution in [3.63, 3.8) is 0 Å². The standard InChI is InChI=1S/C39H55N7O10/c1-21(2)16-27(40)34(50)42-29(20-33(41)49)36(52)43-28(17-22(3)4)35(51)44-30(18-23-7-11-25(47)12-8-23)38(54)46-15-5-6-32(46)37(53)45-31(39(55)56)19-24-9-13-26(48)14-10-24/h7-14,21-22,27-32,47-48H,5-6,15-20,40H2,1-4H3,(H2,41,49)(H,42,50)(H,43,52)(H,44,51)(H,45,53)(H,55,56)/t27-,28-,29-,30-,31-,32-/m0/s1. The Labute approximate surface area is 325 Å². The van der Waals surface area contributed by atoms with Crippen molar-refractivity contribution < 1.29 is 48.9 Å². The molecule has 0 saturated carbocycles. The Morgan fingerprint density at radius 3 is 1.68 bits per heavy atom. The van der Waals surface area contributed by atoms with Gasteiger partial charge in [0, 0.05) is 19.4 Å². The molecule has 56 heavy (non-hydrogen) atoms. The number of nitrogens with one attached hydrogen (secondary N) is 4. The first kappa shape index (κ1) is 44.7. The second-order valence-electron chi connectivity index (χ2n) is 15.0. The molecule has 0 radical (unpaired) electrons. The smallest absolute Gasteiger partial charge is 0.326 e. The van der Waals surface area contributed by atoms with Crippen LogP contribution in [0.15, 0.2) is 48.5 Å². The Kier molecular flexibility index (Phi) is 16.6. The molecule has 2 aromatic rings. The molecule has 1 fully saturated rings. The average Bonchev–Trinajstić information content (AvgIpc) is 3.61. The number of carbonyl (C=O) groups excluding carboxylic acids is 6. The summed E-state index contributed by atoms with van der Waals surface area (Å²) in [6.07, 6.45) is 0.311. The van der Waals surface area contributed by atoms with E-state index in [2.05, 4.69) is 21.3 Å². The van der Waals surface area contributed by atoms with E-state index in [4.69, 9.17) is 11.5 Å². The molecule has 1 heterocycles. The summed E-state index contributed by atoms with van der Waals surface area (Å²) in [6, 6.07) is 4.46. The van der Waals surface area contributed by atoms with Crippen LogP contribution < -0.4 is 32.7 Å². The molecule has 6 amide bonds. The van der Waals surface area contributed by atoms with Gasteiger partial charge in [0.05, 0.1) is 12.5 Å². The molecule has 0 bridgehead atoms. The number of likely N-dealkylation sites (tertiary alicyclic amines) is 1. The second-order valence-corrected chi connectivity index (χ2v) is 15.0. The molecule has 11 N–H and O–H groups in total. The molecular formula is C39H55N7O10. The van der Waals surface area contributed by atoms with E-state index in [0.717, 1.165) is 0 Å². The largest absolute Gasteiger partial charge is 0.508 e. The topological polar surface area (TPSA) is 284 Å². The zero-order valence-electron chi connectivity index (χ0n) is 32.2. The summed E-state index contributed by atoms with van der Waals surface area (Å²) in [5, 5.41) is 39.6. The van der Waals surface area contributed by atoms with Gasteiger partial charge in [-0.05, 0) is 72.9 Å².